The van der Waals surface area contributed by atoms with Crippen molar-refractivity contribution in [3.05, 3.63) is 24.3 Å². The molecule has 0 bridgehead atoms. The number of nitrogens with one attached hydrogen (secondary N) is 2. The van der Waals surface area contributed by atoms with Crippen molar-refractivity contribution in [2.24, 2.45) is 0 Å². The van der Waals surface area contributed by atoms with Gasteiger partial charge in [-0.25, -0.2) is 18.1 Å². The summed E-state index contributed by atoms with van der Waals surface area (Å²) in [7, 11) is -1.60. The van der Waals surface area contributed by atoms with Crippen molar-refractivity contribution in [3.63, 3.8) is 0 Å². The smallest absolute Gasteiger partial charge is 0.329 e. The fourth-order valence-corrected chi connectivity index (χ4v) is 4.70. The fraction of sp³-hybridized carbons (Fsp3) is 0.438. The molecule has 140 valence electrons. The molecular formula is C16H19N3O6S. The lowest BCUT2D eigenvalue weighted by Crippen LogP contribution is -2.41. The number of methoxy groups -OCH3 is 1. The maximum atomic E-state index is 12.5. The van der Waals surface area contributed by atoms with E-state index in [1.807, 2.05) is 0 Å². The Morgan fingerprint density at radius 2 is 2.00 bits per heavy atom. The molecule has 10 heteroatoms. The van der Waals surface area contributed by atoms with Crippen LogP contribution in [0.15, 0.2) is 24.3 Å². The Hall–Kier alpha value is -2.62. The molecule has 0 aromatic heterocycles. The molecule has 2 N–H and O–H groups in total. The van der Waals surface area contributed by atoms with E-state index in [1.54, 1.807) is 24.3 Å². The van der Waals surface area contributed by atoms with Crippen LogP contribution in [0, 0.1) is 0 Å². The van der Waals surface area contributed by atoms with Crippen LogP contribution < -0.4 is 20.3 Å². The van der Waals surface area contributed by atoms with Crippen molar-refractivity contribution in [2.75, 3.05) is 23.5 Å². The van der Waals surface area contributed by atoms with Crippen molar-refractivity contribution in [2.45, 2.75) is 24.9 Å². The zero-order chi connectivity index (χ0) is 18.9. The van der Waals surface area contributed by atoms with E-state index in [-0.39, 0.29) is 17.9 Å². The van der Waals surface area contributed by atoms with Crippen LogP contribution in [0.2, 0.25) is 0 Å². The summed E-state index contributed by atoms with van der Waals surface area (Å²) in [5.74, 6) is -0.468. The number of hydrogen-bond acceptors (Lipinski definition) is 6. The fourth-order valence-electron chi connectivity index (χ4n) is 3.03. The first-order chi connectivity index (χ1) is 12.3. The molecule has 2 fully saturated rings. The summed E-state index contributed by atoms with van der Waals surface area (Å²) in [6, 6.07) is 4.35. The number of amides is 4. The average molecular weight is 381 g/mol. The number of nitrogens with zero attached hydrogens (tertiary/aromatic N) is 1. The molecule has 1 aromatic rings. The molecule has 26 heavy (non-hydrogen) atoms. The van der Waals surface area contributed by atoms with E-state index in [2.05, 4.69) is 10.6 Å². The van der Waals surface area contributed by atoms with Crippen LogP contribution in [0.5, 0.6) is 5.75 Å². The number of sulfone groups is 1. The highest BCUT2D eigenvalue weighted by Crippen LogP contribution is 2.23. The highest BCUT2D eigenvalue weighted by Gasteiger charge is 2.40. The van der Waals surface area contributed by atoms with Gasteiger partial charge in [-0.1, -0.05) is 0 Å². The summed E-state index contributed by atoms with van der Waals surface area (Å²) in [6.07, 6.45) is 0.116. The Morgan fingerprint density at radius 3 is 2.58 bits per heavy atom. The maximum Gasteiger partial charge on any atom is 0.329 e. The SMILES string of the molecule is COc1ccc(N2C(=O)N[C@@H](CC(=O)N[C@@H]3CCS(=O)(=O)C3)C2=O)cc1. The van der Waals surface area contributed by atoms with Gasteiger partial charge in [0.2, 0.25) is 5.91 Å². The van der Waals surface area contributed by atoms with Gasteiger partial charge in [0.1, 0.15) is 11.8 Å². The monoisotopic (exact) mass is 381 g/mol. The standard InChI is InChI=1S/C16H19N3O6S/c1-25-12-4-2-11(3-5-12)19-15(21)13(18-16(19)22)8-14(20)17-10-6-7-26(23,24)9-10/h2-5,10,13H,6-9H2,1H3,(H,17,20)(H,18,22)/t10-,13+/m1/s1. The Labute approximate surface area is 150 Å². The molecule has 1 aromatic carbocycles. The Morgan fingerprint density at radius 1 is 1.31 bits per heavy atom. The Kier molecular flexibility index (Phi) is 4.86. The number of rotatable bonds is 5. The molecule has 9 nitrogen and oxygen atoms in total. The molecule has 2 aliphatic rings. The number of imide groups is 1. The van der Waals surface area contributed by atoms with Crippen molar-refractivity contribution >= 4 is 33.4 Å². The molecule has 0 unspecified atom stereocenters. The van der Waals surface area contributed by atoms with Crippen LogP contribution in [0.1, 0.15) is 12.8 Å². The van der Waals surface area contributed by atoms with Crippen molar-refractivity contribution in [3.8, 4) is 5.75 Å². The molecule has 2 saturated heterocycles. The van der Waals surface area contributed by atoms with E-state index >= 15 is 0 Å². The predicted octanol–water partition coefficient (Wildman–Crippen LogP) is -0.187. The second-order valence-electron chi connectivity index (χ2n) is 6.25. The highest BCUT2D eigenvalue weighted by molar-refractivity contribution is 7.91. The van der Waals surface area contributed by atoms with E-state index in [1.165, 1.54) is 7.11 Å². The number of carbonyl (C=O) groups excluding carboxylic acids is 3. The summed E-state index contributed by atoms with van der Waals surface area (Å²) in [4.78, 5) is 37.7. The summed E-state index contributed by atoms with van der Waals surface area (Å²) in [5, 5.41) is 5.09. The Bertz CT molecular complexity index is 836. The normalized spacial score (nSPS) is 24.4. The molecule has 2 heterocycles. The van der Waals surface area contributed by atoms with Crippen molar-refractivity contribution in [1.82, 2.24) is 10.6 Å². The number of anilines is 1. The molecule has 0 radical (unpaired) electrons. The van der Waals surface area contributed by atoms with Gasteiger partial charge >= 0.3 is 6.03 Å². The summed E-state index contributed by atoms with van der Waals surface area (Å²) in [5.41, 5.74) is 0.373. The third-order valence-corrected chi connectivity index (χ3v) is 6.10. The molecule has 4 amide bonds. The quantitative estimate of drug-likeness (QED) is 0.682. The van der Waals surface area contributed by atoms with E-state index in [0.29, 0.717) is 17.9 Å². The largest absolute Gasteiger partial charge is 0.497 e. The molecule has 0 saturated carbocycles. The molecule has 0 spiro atoms. The van der Waals surface area contributed by atoms with Gasteiger partial charge in [-0.3, -0.25) is 9.59 Å². The number of urea groups is 1. The summed E-state index contributed by atoms with van der Waals surface area (Å²) < 4.78 is 27.9. The molecule has 0 aliphatic carbocycles. The lowest BCUT2D eigenvalue weighted by molar-refractivity contribution is -0.126. The zero-order valence-electron chi connectivity index (χ0n) is 14.1. The minimum atomic E-state index is -3.11. The highest BCUT2D eigenvalue weighted by atomic mass is 32.2. The van der Waals surface area contributed by atoms with Gasteiger partial charge in [0.15, 0.2) is 9.84 Å². The van der Waals surface area contributed by atoms with Gasteiger partial charge in [-0.15, -0.1) is 0 Å². The predicted molar refractivity (Wildman–Crippen MR) is 92.6 cm³/mol. The number of hydrogen-bond donors (Lipinski definition) is 2. The van der Waals surface area contributed by atoms with Gasteiger partial charge in [0.25, 0.3) is 5.91 Å². The van der Waals surface area contributed by atoms with Crippen LogP contribution >= 0.6 is 0 Å². The van der Waals surface area contributed by atoms with Crippen LogP contribution in [0.3, 0.4) is 0 Å². The van der Waals surface area contributed by atoms with E-state index < -0.39 is 39.8 Å². The second kappa shape index (κ2) is 6.94. The molecule has 2 aliphatic heterocycles. The first kappa shape index (κ1) is 18.2. The minimum Gasteiger partial charge on any atom is -0.497 e. The first-order valence-electron chi connectivity index (χ1n) is 8.07. The van der Waals surface area contributed by atoms with Crippen LogP contribution in [0.25, 0.3) is 0 Å². The average Bonchev–Trinajstić information content (AvgIpc) is 3.06. The number of benzene rings is 1. The number of ether oxygens (including phenoxy) is 1. The van der Waals surface area contributed by atoms with E-state index in [9.17, 15) is 22.8 Å². The lowest BCUT2D eigenvalue weighted by Gasteiger charge is -2.14. The van der Waals surface area contributed by atoms with Crippen LogP contribution in [0.4, 0.5) is 10.5 Å². The summed E-state index contributed by atoms with van der Waals surface area (Å²) >= 11 is 0. The third kappa shape index (κ3) is 3.79. The maximum absolute atomic E-state index is 12.5. The zero-order valence-corrected chi connectivity index (χ0v) is 14.9. The van der Waals surface area contributed by atoms with Gasteiger partial charge in [0, 0.05) is 6.04 Å². The third-order valence-electron chi connectivity index (χ3n) is 4.34. The van der Waals surface area contributed by atoms with Gasteiger partial charge < -0.3 is 15.4 Å². The molecular weight excluding hydrogens is 362 g/mol. The van der Waals surface area contributed by atoms with E-state index in [4.69, 9.17) is 4.74 Å². The number of carbonyl (C=O) groups is 3. The minimum absolute atomic E-state index is 0.0439. The van der Waals surface area contributed by atoms with Crippen LogP contribution in [-0.4, -0.2) is 57.0 Å². The van der Waals surface area contributed by atoms with Crippen molar-refractivity contribution < 1.29 is 27.5 Å². The lowest BCUT2D eigenvalue weighted by atomic mass is 10.1. The topological polar surface area (TPSA) is 122 Å². The Balaban J connectivity index is 1.62. The van der Waals surface area contributed by atoms with Gasteiger partial charge in [0.05, 0.1) is 30.7 Å². The first-order valence-corrected chi connectivity index (χ1v) is 9.89. The molecule has 3 rings (SSSR count). The summed E-state index contributed by atoms with van der Waals surface area (Å²) in [6.45, 7) is 0. The molecule has 2 atom stereocenters. The van der Waals surface area contributed by atoms with Crippen LogP contribution in [-0.2, 0) is 19.4 Å². The second-order valence-corrected chi connectivity index (χ2v) is 8.47. The van der Waals surface area contributed by atoms with Crippen molar-refractivity contribution in [1.29, 1.82) is 0 Å². The van der Waals surface area contributed by atoms with Gasteiger partial charge in [-0.05, 0) is 30.7 Å². The van der Waals surface area contributed by atoms with Gasteiger partial charge in [-0.2, -0.15) is 0 Å². The van der Waals surface area contributed by atoms with E-state index in [0.717, 1.165) is 4.90 Å².